The molecule has 1 amide bonds. The number of carbonyl (C=O) groups is 1. The Kier molecular flexibility index (Phi) is 5.01. The van der Waals surface area contributed by atoms with Gasteiger partial charge in [-0.25, -0.2) is 4.98 Å². The summed E-state index contributed by atoms with van der Waals surface area (Å²) in [6.07, 6.45) is 1.62. The Hall–Kier alpha value is -4.59. The van der Waals surface area contributed by atoms with E-state index in [1.54, 1.807) is 36.1 Å². The summed E-state index contributed by atoms with van der Waals surface area (Å²) in [4.78, 5) is 21.0. The van der Waals surface area contributed by atoms with Gasteiger partial charge in [-0.05, 0) is 41.5 Å². The van der Waals surface area contributed by atoms with Crippen LogP contribution in [-0.4, -0.2) is 37.9 Å². The van der Waals surface area contributed by atoms with Crippen LogP contribution in [0.2, 0.25) is 0 Å². The molecule has 0 aliphatic rings. The zero-order chi connectivity index (χ0) is 21.9. The van der Waals surface area contributed by atoms with Crippen molar-refractivity contribution < 1.29 is 4.79 Å². The van der Waals surface area contributed by atoms with E-state index in [0.29, 0.717) is 28.4 Å². The average molecular weight is 421 g/mol. The maximum Gasteiger partial charge on any atom is 0.251 e. The Balaban J connectivity index is 1.48. The lowest BCUT2D eigenvalue weighted by Gasteiger charge is -2.08. The topological polar surface area (TPSA) is 97.6 Å². The van der Waals surface area contributed by atoms with Crippen LogP contribution in [-0.2, 0) is 0 Å². The molecule has 0 spiro atoms. The molecule has 8 nitrogen and oxygen atoms in total. The number of benzene rings is 3. The van der Waals surface area contributed by atoms with E-state index in [2.05, 4.69) is 49.1 Å². The summed E-state index contributed by atoms with van der Waals surface area (Å²) in [7, 11) is 1.60. The summed E-state index contributed by atoms with van der Waals surface area (Å²) < 4.78 is 1.59. The Morgan fingerprint density at radius 3 is 2.56 bits per heavy atom. The number of nitrogens with one attached hydrogen (secondary N) is 2. The molecular weight excluding hydrogens is 402 g/mol. The number of rotatable bonds is 5. The van der Waals surface area contributed by atoms with Gasteiger partial charge in [-0.1, -0.05) is 53.7 Å². The van der Waals surface area contributed by atoms with Crippen LogP contribution in [0, 0.1) is 0 Å². The molecule has 5 rings (SSSR count). The Morgan fingerprint density at radius 1 is 0.906 bits per heavy atom. The molecule has 2 heterocycles. The molecule has 2 N–H and O–H groups in total. The van der Waals surface area contributed by atoms with Crippen molar-refractivity contribution in [1.29, 1.82) is 0 Å². The summed E-state index contributed by atoms with van der Waals surface area (Å²) in [5.74, 6) is 0.250. The highest BCUT2D eigenvalue weighted by molar-refractivity contribution is 5.94. The molecule has 0 radical (unpaired) electrons. The third-order valence-corrected chi connectivity index (χ3v) is 5.00. The van der Waals surface area contributed by atoms with E-state index in [0.717, 1.165) is 16.8 Å². The van der Waals surface area contributed by atoms with Crippen LogP contribution in [0.25, 0.3) is 28.0 Å². The second-order valence-electron chi connectivity index (χ2n) is 7.10. The number of amides is 1. The van der Waals surface area contributed by atoms with Crippen molar-refractivity contribution in [2.75, 3.05) is 12.4 Å². The van der Waals surface area contributed by atoms with E-state index >= 15 is 0 Å². The smallest absolute Gasteiger partial charge is 0.251 e. The number of hydrogen-bond donors (Lipinski definition) is 2. The van der Waals surface area contributed by atoms with Crippen LogP contribution >= 0.6 is 0 Å². The number of carbonyl (C=O) groups excluding carboxylic acids is 1. The molecule has 0 aliphatic carbocycles. The van der Waals surface area contributed by atoms with Crippen LogP contribution in [0.1, 0.15) is 10.4 Å². The third kappa shape index (κ3) is 3.77. The van der Waals surface area contributed by atoms with Gasteiger partial charge in [0.15, 0.2) is 11.2 Å². The van der Waals surface area contributed by atoms with Gasteiger partial charge in [0.05, 0.1) is 11.9 Å². The minimum absolute atomic E-state index is 0.174. The fourth-order valence-corrected chi connectivity index (χ4v) is 3.42. The summed E-state index contributed by atoms with van der Waals surface area (Å²) in [6, 6.07) is 25.3. The predicted molar refractivity (Wildman–Crippen MR) is 123 cm³/mol. The molecular formula is C24H19N7O. The largest absolute Gasteiger partial charge is 0.355 e. The van der Waals surface area contributed by atoms with Crippen LogP contribution < -0.4 is 10.6 Å². The molecule has 0 fully saturated rings. The second kappa shape index (κ2) is 8.27. The zero-order valence-corrected chi connectivity index (χ0v) is 17.2. The normalized spacial score (nSPS) is 10.8. The molecule has 0 saturated heterocycles. The Bertz CT molecular complexity index is 1410. The third-order valence-electron chi connectivity index (χ3n) is 5.00. The highest BCUT2D eigenvalue weighted by Gasteiger charge is 2.12. The molecule has 0 aliphatic heterocycles. The van der Waals surface area contributed by atoms with Gasteiger partial charge >= 0.3 is 0 Å². The summed E-state index contributed by atoms with van der Waals surface area (Å²) >= 11 is 0. The SMILES string of the molecule is CNC(=O)c1cccc(-n2nnc3cnc(Nc4cccc(-c5ccccc5)c4)nc32)c1. The summed E-state index contributed by atoms with van der Waals surface area (Å²) in [5.41, 5.74) is 5.39. The molecule has 0 bridgehead atoms. The van der Waals surface area contributed by atoms with E-state index in [4.69, 9.17) is 0 Å². The van der Waals surface area contributed by atoms with Gasteiger partial charge < -0.3 is 10.6 Å². The van der Waals surface area contributed by atoms with Crippen LogP contribution in [0.15, 0.2) is 85.1 Å². The van der Waals surface area contributed by atoms with Crippen molar-refractivity contribution in [1.82, 2.24) is 30.3 Å². The first kappa shape index (κ1) is 19.4. The van der Waals surface area contributed by atoms with Gasteiger partial charge in [-0.2, -0.15) is 9.67 Å². The molecule has 32 heavy (non-hydrogen) atoms. The standard InChI is InChI=1S/C24H19N7O/c1-25-23(32)18-10-6-12-20(14-18)31-22-21(29-30-31)15-26-24(28-22)27-19-11-5-9-17(13-19)16-7-3-2-4-8-16/h2-15H,1H3,(H,25,32)(H,26,27,28). The van der Waals surface area contributed by atoms with Gasteiger partial charge in [-0.15, -0.1) is 5.10 Å². The van der Waals surface area contributed by atoms with E-state index in [-0.39, 0.29) is 5.91 Å². The van der Waals surface area contributed by atoms with Crippen LogP contribution in [0.5, 0.6) is 0 Å². The Labute approximate surface area is 184 Å². The first-order chi connectivity index (χ1) is 15.7. The molecule has 0 unspecified atom stereocenters. The highest BCUT2D eigenvalue weighted by atomic mass is 16.1. The maximum absolute atomic E-state index is 12.0. The van der Waals surface area contributed by atoms with E-state index < -0.39 is 0 Å². The zero-order valence-electron chi connectivity index (χ0n) is 17.2. The number of anilines is 2. The Morgan fingerprint density at radius 2 is 1.72 bits per heavy atom. The highest BCUT2D eigenvalue weighted by Crippen LogP contribution is 2.24. The van der Waals surface area contributed by atoms with Gasteiger partial charge in [-0.3, -0.25) is 4.79 Å². The molecule has 8 heteroatoms. The first-order valence-corrected chi connectivity index (χ1v) is 10.0. The molecule has 0 atom stereocenters. The fourth-order valence-electron chi connectivity index (χ4n) is 3.42. The second-order valence-corrected chi connectivity index (χ2v) is 7.10. The molecule has 2 aromatic heterocycles. The fraction of sp³-hybridized carbons (Fsp3) is 0.0417. The number of hydrogen-bond acceptors (Lipinski definition) is 6. The van der Waals surface area contributed by atoms with Gasteiger partial charge in [0.25, 0.3) is 5.91 Å². The number of aromatic nitrogens is 5. The average Bonchev–Trinajstić information content (AvgIpc) is 3.28. The van der Waals surface area contributed by atoms with Crippen molar-refractivity contribution in [3.8, 4) is 16.8 Å². The van der Waals surface area contributed by atoms with Gasteiger partial charge in [0.2, 0.25) is 5.95 Å². The van der Waals surface area contributed by atoms with Crippen LogP contribution in [0.4, 0.5) is 11.6 Å². The lowest BCUT2D eigenvalue weighted by atomic mass is 10.1. The van der Waals surface area contributed by atoms with Crippen molar-refractivity contribution >= 4 is 28.7 Å². The van der Waals surface area contributed by atoms with Gasteiger partial charge in [0.1, 0.15) is 0 Å². The quantitative estimate of drug-likeness (QED) is 0.445. The lowest BCUT2D eigenvalue weighted by Crippen LogP contribution is -2.18. The minimum Gasteiger partial charge on any atom is -0.355 e. The van der Waals surface area contributed by atoms with Crippen molar-refractivity contribution in [3.63, 3.8) is 0 Å². The van der Waals surface area contributed by atoms with E-state index in [1.807, 2.05) is 42.5 Å². The summed E-state index contributed by atoms with van der Waals surface area (Å²) in [6.45, 7) is 0. The molecule has 5 aromatic rings. The molecule has 0 saturated carbocycles. The monoisotopic (exact) mass is 421 g/mol. The van der Waals surface area contributed by atoms with Crippen LogP contribution in [0.3, 0.4) is 0 Å². The first-order valence-electron chi connectivity index (χ1n) is 10.0. The number of nitrogens with zero attached hydrogens (tertiary/aromatic N) is 5. The van der Waals surface area contributed by atoms with E-state index in [9.17, 15) is 4.79 Å². The lowest BCUT2D eigenvalue weighted by molar-refractivity contribution is 0.0963. The maximum atomic E-state index is 12.0. The van der Waals surface area contributed by atoms with E-state index in [1.165, 1.54) is 0 Å². The van der Waals surface area contributed by atoms with Crippen molar-refractivity contribution in [2.24, 2.45) is 0 Å². The predicted octanol–water partition coefficient (Wildman–Crippen LogP) is 3.98. The van der Waals surface area contributed by atoms with Crippen molar-refractivity contribution in [3.05, 3.63) is 90.6 Å². The van der Waals surface area contributed by atoms with Crippen molar-refractivity contribution in [2.45, 2.75) is 0 Å². The molecule has 156 valence electrons. The molecule has 3 aromatic carbocycles. The van der Waals surface area contributed by atoms with Gasteiger partial charge in [0, 0.05) is 18.3 Å². The minimum atomic E-state index is -0.174. The number of fused-ring (bicyclic) bond motifs is 1. The summed E-state index contributed by atoms with van der Waals surface area (Å²) in [5, 5.41) is 14.2.